The highest BCUT2D eigenvalue weighted by Crippen LogP contribution is 2.44. The van der Waals surface area contributed by atoms with Gasteiger partial charge in [0, 0.05) is 0 Å². The molecule has 0 saturated carbocycles. The molecular formula is C7H3Br6NO4S2. The minimum atomic E-state index is -3.98. The Morgan fingerprint density at radius 3 is 1.30 bits per heavy atom. The maximum Gasteiger partial charge on any atom is 0.240 e. The Bertz CT molecular complexity index is 659. The molecule has 0 unspecified atom stereocenters. The van der Waals surface area contributed by atoms with Crippen LogP contribution in [0.4, 0.5) is 0 Å². The third kappa shape index (κ3) is 4.06. The summed E-state index contributed by atoms with van der Waals surface area (Å²) in [6.45, 7) is 0. The molecule has 1 rings (SSSR count). The van der Waals surface area contributed by atoms with E-state index in [0.29, 0.717) is 0 Å². The molecule has 13 heteroatoms. The van der Waals surface area contributed by atoms with E-state index in [2.05, 4.69) is 101 Å². The lowest BCUT2D eigenvalue weighted by molar-refractivity contribution is 0.588. The number of hydrogen-bond donors (Lipinski definition) is 0. The summed E-state index contributed by atoms with van der Waals surface area (Å²) in [4.78, 5) is 3.69. The number of nitrogens with zero attached hydrogens (tertiary/aromatic N) is 1. The van der Waals surface area contributed by atoms with Crippen LogP contribution in [0.3, 0.4) is 0 Å². The van der Waals surface area contributed by atoms with Gasteiger partial charge in [-0.1, -0.05) is 6.07 Å². The molecule has 0 saturated heterocycles. The van der Waals surface area contributed by atoms with Crippen LogP contribution in [0.1, 0.15) is 0 Å². The van der Waals surface area contributed by atoms with Crippen LogP contribution in [0.2, 0.25) is 0 Å². The molecule has 0 fully saturated rings. The number of hydrogen-bond acceptors (Lipinski definition) is 5. The SMILES string of the molecule is O=S(=O)(c1cccc(S(=O)(=O)C(Br)(Br)Br)n1)C(Br)(Br)Br. The minimum Gasteiger partial charge on any atom is -0.224 e. The van der Waals surface area contributed by atoms with Crippen molar-refractivity contribution in [2.24, 2.45) is 0 Å². The lowest BCUT2D eigenvalue weighted by Crippen LogP contribution is -2.23. The summed E-state index contributed by atoms with van der Waals surface area (Å²) in [6.07, 6.45) is 0. The van der Waals surface area contributed by atoms with Gasteiger partial charge in [-0.25, -0.2) is 21.8 Å². The lowest BCUT2D eigenvalue weighted by atomic mass is 10.5. The van der Waals surface area contributed by atoms with E-state index in [9.17, 15) is 16.8 Å². The predicted octanol–water partition coefficient (Wildman–Crippen LogP) is 4.22. The molecule has 1 heterocycles. The highest BCUT2D eigenvalue weighted by atomic mass is 80.0. The van der Waals surface area contributed by atoms with E-state index in [1.165, 1.54) is 18.2 Å². The summed E-state index contributed by atoms with van der Waals surface area (Å²) in [5.41, 5.74) is 0. The Morgan fingerprint density at radius 2 is 1.05 bits per heavy atom. The number of halogens is 6. The Balaban J connectivity index is 3.53. The van der Waals surface area contributed by atoms with Gasteiger partial charge < -0.3 is 0 Å². The molecule has 0 spiro atoms. The number of pyridine rings is 1. The number of sulfone groups is 2. The Labute approximate surface area is 166 Å². The van der Waals surface area contributed by atoms with Crippen LogP contribution in [0.15, 0.2) is 28.3 Å². The monoisotopic (exact) mass is 702 g/mol. The lowest BCUT2D eigenvalue weighted by Gasteiger charge is -2.15. The van der Waals surface area contributed by atoms with E-state index in [1.54, 1.807) is 0 Å². The molecule has 0 aliphatic carbocycles. The summed E-state index contributed by atoms with van der Waals surface area (Å²) in [5, 5.41) is -0.832. The summed E-state index contributed by atoms with van der Waals surface area (Å²) in [5.74, 6) is 0. The molecule has 0 N–H and O–H groups in total. The molecule has 5 nitrogen and oxygen atoms in total. The summed E-state index contributed by atoms with van der Waals surface area (Å²) >= 11 is 17.3. The maximum absolute atomic E-state index is 12.1. The zero-order valence-electron chi connectivity index (χ0n) is 8.90. The van der Waals surface area contributed by atoms with Crippen molar-refractivity contribution in [1.29, 1.82) is 0 Å². The van der Waals surface area contributed by atoms with E-state index < -0.39 is 32.7 Å². The third-order valence-corrected chi connectivity index (χ3v) is 12.3. The first-order valence-electron chi connectivity index (χ1n) is 4.31. The van der Waals surface area contributed by atoms with Crippen LogP contribution < -0.4 is 0 Å². The highest BCUT2D eigenvalue weighted by molar-refractivity contribution is 9.42. The van der Waals surface area contributed by atoms with Gasteiger partial charge in [-0.2, -0.15) is 0 Å². The van der Waals surface area contributed by atoms with Crippen LogP contribution in [0.5, 0.6) is 0 Å². The fourth-order valence-corrected chi connectivity index (χ4v) is 5.40. The maximum atomic E-state index is 12.1. The number of alkyl halides is 6. The summed E-state index contributed by atoms with van der Waals surface area (Å²) in [7, 11) is -7.95. The van der Waals surface area contributed by atoms with E-state index >= 15 is 0 Å². The summed E-state index contributed by atoms with van der Waals surface area (Å²) < 4.78 is 45.3. The molecule has 0 bridgehead atoms. The third-order valence-electron chi connectivity index (χ3n) is 1.86. The quantitative estimate of drug-likeness (QED) is 0.431. The average Bonchev–Trinajstić information content (AvgIpc) is 2.26. The molecule has 1 aromatic heterocycles. The zero-order valence-corrected chi connectivity index (χ0v) is 20.0. The van der Waals surface area contributed by atoms with Crippen LogP contribution in [-0.2, 0) is 19.7 Å². The molecule has 0 atom stereocenters. The highest BCUT2D eigenvalue weighted by Gasteiger charge is 2.42. The second-order valence-electron chi connectivity index (χ2n) is 3.21. The van der Waals surface area contributed by atoms with Crippen molar-refractivity contribution in [2.45, 2.75) is 13.0 Å². The van der Waals surface area contributed by atoms with E-state index in [0.717, 1.165) is 0 Å². The molecule has 0 aromatic carbocycles. The molecular weight excluding hydrogens is 706 g/mol. The van der Waals surface area contributed by atoms with Crippen molar-refractivity contribution in [3.8, 4) is 0 Å². The molecule has 0 aliphatic rings. The van der Waals surface area contributed by atoms with Gasteiger partial charge in [-0.05, 0) is 108 Å². The first kappa shape index (κ1) is 20.0. The van der Waals surface area contributed by atoms with Gasteiger partial charge in [0.05, 0.1) is 0 Å². The largest absolute Gasteiger partial charge is 0.240 e. The Morgan fingerprint density at radius 1 is 0.750 bits per heavy atom. The zero-order chi connectivity index (χ0) is 16.0. The van der Waals surface area contributed by atoms with Crippen LogP contribution in [-0.4, -0.2) is 24.8 Å². The van der Waals surface area contributed by atoms with Crippen molar-refractivity contribution in [3.05, 3.63) is 18.2 Å². The van der Waals surface area contributed by atoms with Crippen LogP contribution in [0, 0.1) is 0 Å². The van der Waals surface area contributed by atoms with Gasteiger partial charge in [0.2, 0.25) is 22.6 Å². The average molecular weight is 709 g/mol. The van der Waals surface area contributed by atoms with E-state index in [1.807, 2.05) is 0 Å². The summed E-state index contributed by atoms with van der Waals surface area (Å²) in [6, 6.07) is 3.65. The van der Waals surface area contributed by atoms with Gasteiger partial charge in [-0.3, -0.25) is 0 Å². The van der Waals surface area contributed by atoms with Crippen molar-refractivity contribution >= 4 is 115 Å². The number of aromatic nitrogens is 1. The second-order valence-corrected chi connectivity index (χ2v) is 24.0. The Hall–Kier alpha value is 1.93. The van der Waals surface area contributed by atoms with Gasteiger partial charge in [0.1, 0.15) is 0 Å². The van der Waals surface area contributed by atoms with Gasteiger partial charge in [-0.15, -0.1) is 0 Å². The molecule has 1 aromatic rings. The standard InChI is InChI=1S/C7H3Br6NO4S2/c8-6(9,10)19(15,16)4-2-1-3-5(14-4)20(17,18)7(11,12)13/h1-3H. The van der Waals surface area contributed by atoms with E-state index in [-0.39, 0.29) is 0 Å². The van der Waals surface area contributed by atoms with Crippen molar-refractivity contribution < 1.29 is 16.8 Å². The van der Waals surface area contributed by atoms with Gasteiger partial charge >= 0.3 is 0 Å². The predicted molar refractivity (Wildman–Crippen MR) is 97.6 cm³/mol. The van der Waals surface area contributed by atoms with E-state index in [4.69, 9.17) is 0 Å². The second kappa shape index (κ2) is 6.44. The molecule has 0 radical (unpaired) electrons. The Kier molecular flexibility index (Phi) is 6.43. The fraction of sp³-hybridized carbons (Fsp3) is 0.286. The molecule has 114 valence electrons. The van der Waals surface area contributed by atoms with Crippen LogP contribution in [0.25, 0.3) is 0 Å². The topological polar surface area (TPSA) is 81.2 Å². The van der Waals surface area contributed by atoms with Crippen LogP contribution >= 0.6 is 95.6 Å². The molecule has 20 heavy (non-hydrogen) atoms. The molecule has 0 amide bonds. The number of rotatable bonds is 2. The normalized spacial score (nSPS) is 14.3. The van der Waals surface area contributed by atoms with Crippen molar-refractivity contribution in [2.75, 3.05) is 0 Å². The first-order chi connectivity index (χ1) is 8.71. The van der Waals surface area contributed by atoms with Crippen molar-refractivity contribution in [1.82, 2.24) is 4.98 Å². The first-order valence-corrected chi connectivity index (χ1v) is 12.0. The van der Waals surface area contributed by atoms with Gasteiger partial charge in [0.15, 0.2) is 10.1 Å². The van der Waals surface area contributed by atoms with Gasteiger partial charge in [0.25, 0.3) is 0 Å². The fourth-order valence-electron chi connectivity index (χ4n) is 0.932. The smallest absolute Gasteiger partial charge is 0.224 e. The minimum absolute atomic E-state index is 0.416. The van der Waals surface area contributed by atoms with Crippen molar-refractivity contribution in [3.63, 3.8) is 0 Å². The molecule has 0 aliphatic heterocycles.